The van der Waals surface area contributed by atoms with Crippen molar-refractivity contribution in [2.24, 2.45) is 18.9 Å². The Bertz CT molecular complexity index is 1520. The van der Waals surface area contributed by atoms with Crippen molar-refractivity contribution < 1.29 is 13.2 Å². The van der Waals surface area contributed by atoms with E-state index in [0.29, 0.717) is 29.6 Å². The summed E-state index contributed by atoms with van der Waals surface area (Å²) in [7, 11) is 1.89. The van der Waals surface area contributed by atoms with E-state index in [9.17, 15) is 18.0 Å². The predicted octanol–water partition coefficient (Wildman–Crippen LogP) is 5.65. The lowest BCUT2D eigenvalue weighted by Crippen LogP contribution is -2.34. The molecule has 4 aromatic rings. The van der Waals surface area contributed by atoms with Crippen LogP contribution in [0.15, 0.2) is 53.8 Å². The van der Waals surface area contributed by atoms with E-state index in [-0.39, 0.29) is 11.4 Å². The van der Waals surface area contributed by atoms with Gasteiger partial charge in [0.25, 0.3) is 0 Å². The maximum Gasteiger partial charge on any atom is 0.418 e. The van der Waals surface area contributed by atoms with E-state index in [0.717, 1.165) is 48.1 Å². The van der Waals surface area contributed by atoms with Crippen molar-refractivity contribution in [3.63, 3.8) is 0 Å². The number of fused-ring (bicyclic) bond motifs is 1. The average Bonchev–Trinajstić information content (AvgIpc) is 3.44. The van der Waals surface area contributed by atoms with E-state index in [1.807, 2.05) is 29.8 Å². The first kappa shape index (κ1) is 27.2. The fourth-order valence-corrected chi connectivity index (χ4v) is 5.79. The van der Waals surface area contributed by atoms with Gasteiger partial charge in [0.1, 0.15) is 12.2 Å². The zero-order chi connectivity index (χ0) is 27.9. The number of hydrogen-bond acceptors (Lipinski definition) is 4. The molecule has 3 aromatic heterocycles. The number of alkyl halides is 3. The van der Waals surface area contributed by atoms with Crippen molar-refractivity contribution >= 4 is 5.52 Å². The summed E-state index contributed by atoms with van der Waals surface area (Å²) in [5, 5.41) is 8.34. The van der Waals surface area contributed by atoms with Crippen LogP contribution in [0, 0.1) is 11.8 Å². The quantitative estimate of drug-likeness (QED) is 0.304. The molecule has 1 fully saturated rings. The molecule has 1 aromatic carbocycles. The minimum Gasteiger partial charge on any atom is -0.320 e. The van der Waals surface area contributed by atoms with Gasteiger partial charge >= 0.3 is 11.9 Å². The SMILES string of the molecule is CC(C)CC(c1cccc(-n2cc3c(C(F)(F)F)cc(CN4CCC[C@H](C)C4)cn3c2=O)c1)c1nncn1C. The Morgan fingerprint density at radius 3 is 2.62 bits per heavy atom. The smallest absolute Gasteiger partial charge is 0.320 e. The van der Waals surface area contributed by atoms with E-state index < -0.39 is 17.4 Å². The minimum atomic E-state index is -4.59. The van der Waals surface area contributed by atoms with Gasteiger partial charge in [-0.05, 0) is 67.0 Å². The minimum absolute atomic E-state index is 0.0746. The summed E-state index contributed by atoms with van der Waals surface area (Å²) in [5.41, 5.74) is 0.443. The average molecular weight is 541 g/mol. The van der Waals surface area contributed by atoms with Gasteiger partial charge < -0.3 is 4.57 Å². The first-order valence-electron chi connectivity index (χ1n) is 13.5. The van der Waals surface area contributed by atoms with Crippen molar-refractivity contribution in [3.8, 4) is 5.69 Å². The monoisotopic (exact) mass is 540 g/mol. The molecule has 0 radical (unpaired) electrons. The third-order valence-electron chi connectivity index (χ3n) is 7.59. The van der Waals surface area contributed by atoms with Crippen LogP contribution in [0.2, 0.25) is 0 Å². The standard InChI is InChI=1S/C29H35F3N6O/c1-19(2)11-24(27-34-33-18-35(27)4)22-8-5-9-23(13-22)37-17-26-25(29(30,31)32)12-21(16-38(26)28(37)39)15-36-10-6-7-20(3)14-36/h5,8-9,12-13,16-20,24H,6-7,10-11,14-15H2,1-4H3/t20-,24?/m0/s1. The molecule has 2 atom stereocenters. The zero-order valence-electron chi connectivity index (χ0n) is 22.8. The second-order valence-electron chi connectivity index (χ2n) is 11.4. The Kier molecular flexibility index (Phi) is 7.41. The number of likely N-dealkylation sites (tertiary alicyclic amines) is 1. The Balaban J connectivity index is 1.58. The number of aromatic nitrogens is 5. The van der Waals surface area contributed by atoms with Crippen LogP contribution in [0.5, 0.6) is 0 Å². The Labute approximate surface area is 225 Å². The number of nitrogens with zero attached hydrogens (tertiary/aromatic N) is 6. The number of aryl methyl sites for hydroxylation is 1. The second-order valence-corrected chi connectivity index (χ2v) is 11.4. The second kappa shape index (κ2) is 10.6. The molecule has 5 rings (SSSR count). The molecular weight excluding hydrogens is 505 g/mol. The highest BCUT2D eigenvalue weighted by atomic mass is 19.4. The number of pyridine rings is 1. The van der Waals surface area contributed by atoms with Gasteiger partial charge in [0, 0.05) is 38.4 Å². The van der Waals surface area contributed by atoms with Crippen LogP contribution in [0.3, 0.4) is 0 Å². The Hall–Kier alpha value is -3.40. The van der Waals surface area contributed by atoms with Crippen LogP contribution in [-0.4, -0.2) is 41.7 Å². The number of piperidine rings is 1. The van der Waals surface area contributed by atoms with Gasteiger partial charge in [-0.25, -0.2) is 4.79 Å². The predicted molar refractivity (Wildman–Crippen MR) is 144 cm³/mol. The molecule has 0 N–H and O–H groups in total. The third-order valence-corrected chi connectivity index (χ3v) is 7.59. The van der Waals surface area contributed by atoms with E-state index in [1.165, 1.54) is 16.8 Å². The number of rotatable bonds is 7. The van der Waals surface area contributed by atoms with Crippen LogP contribution < -0.4 is 5.69 Å². The number of benzene rings is 1. The first-order valence-corrected chi connectivity index (χ1v) is 13.5. The van der Waals surface area contributed by atoms with Gasteiger partial charge in [0.05, 0.1) is 16.8 Å². The summed E-state index contributed by atoms with van der Waals surface area (Å²) in [6.07, 6.45) is 2.88. The van der Waals surface area contributed by atoms with Crippen LogP contribution in [-0.2, 0) is 19.8 Å². The van der Waals surface area contributed by atoms with Gasteiger partial charge in [-0.15, -0.1) is 10.2 Å². The lowest BCUT2D eigenvalue weighted by Gasteiger charge is -2.31. The van der Waals surface area contributed by atoms with Crippen molar-refractivity contribution in [1.82, 2.24) is 28.6 Å². The molecule has 10 heteroatoms. The highest BCUT2D eigenvalue weighted by Gasteiger charge is 2.35. The largest absolute Gasteiger partial charge is 0.418 e. The zero-order valence-corrected chi connectivity index (χ0v) is 22.8. The van der Waals surface area contributed by atoms with Crippen molar-refractivity contribution in [1.29, 1.82) is 0 Å². The summed E-state index contributed by atoms with van der Waals surface area (Å²) in [4.78, 5) is 15.7. The van der Waals surface area contributed by atoms with Crippen LogP contribution in [0.25, 0.3) is 11.2 Å². The Morgan fingerprint density at radius 1 is 1.15 bits per heavy atom. The lowest BCUT2D eigenvalue weighted by atomic mass is 9.89. The summed E-state index contributed by atoms with van der Waals surface area (Å²) >= 11 is 0. The van der Waals surface area contributed by atoms with Crippen molar-refractivity contribution in [2.45, 2.75) is 58.7 Å². The molecule has 0 bridgehead atoms. The summed E-state index contributed by atoms with van der Waals surface area (Å²) in [5.74, 6) is 1.59. The molecule has 208 valence electrons. The molecule has 1 unspecified atom stereocenters. The molecule has 1 saturated heterocycles. The highest BCUT2D eigenvalue weighted by Crippen LogP contribution is 2.34. The first-order chi connectivity index (χ1) is 18.5. The van der Waals surface area contributed by atoms with E-state index >= 15 is 0 Å². The van der Waals surface area contributed by atoms with Gasteiger partial charge in [0.2, 0.25) is 0 Å². The molecule has 0 saturated carbocycles. The molecule has 1 aliphatic rings. The van der Waals surface area contributed by atoms with Crippen LogP contribution in [0.1, 0.15) is 68.5 Å². The molecule has 39 heavy (non-hydrogen) atoms. The molecular formula is C29H35F3N6O. The number of hydrogen-bond donors (Lipinski definition) is 0. The summed E-state index contributed by atoms with van der Waals surface area (Å²) in [6, 6.07) is 8.60. The molecule has 0 amide bonds. The fraction of sp³-hybridized carbons (Fsp3) is 0.483. The Morgan fingerprint density at radius 2 is 1.95 bits per heavy atom. The molecule has 4 heterocycles. The van der Waals surface area contributed by atoms with Crippen LogP contribution >= 0.6 is 0 Å². The van der Waals surface area contributed by atoms with Crippen molar-refractivity contribution in [3.05, 3.63) is 82.1 Å². The van der Waals surface area contributed by atoms with E-state index in [4.69, 9.17) is 0 Å². The third kappa shape index (κ3) is 5.66. The highest BCUT2D eigenvalue weighted by molar-refractivity contribution is 5.58. The van der Waals surface area contributed by atoms with Crippen molar-refractivity contribution in [2.75, 3.05) is 13.1 Å². The molecule has 7 nitrogen and oxygen atoms in total. The molecule has 0 aliphatic carbocycles. The van der Waals surface area contributed by atoms with Gasteiger partial charge in [-0.1, -0.05) is 32.9 Å². The van der Waals surface area contributed by atoms with Crippen LogP contribution in [0.4, 0.5) is 13.2 Å². The van der Waals surface area contributed by atoms with Gasteiger partial charge in [-0.2, -0.15) is 13.2 Å². The lowest BCUT2D eigenvalue weighted by molar-refractivity contribution is -0.136. The topological polar surface area (TPSA) is 60.4 Å². The number of halogens is 3. The van der Waals surface area contributed by atoms with Gasteiger partial charge in [-0.3, -0.25) is 13.9 Å². The normalized spacial score (nSPS) is 17.8. The van der Waals surface area contributed by atoms with E-state index in [1.54, 1.807) is 18.6 Å². The maximum absolute atomic E-state index is 14.2. The fourth-order valence-electron chi connectivity index (χ4n) is 5.79. The van der Waals surface area contributed by atoms with E-state index in [2.05, 4.69) is 35.9 Å². The summed E-state index contributed by atoms with van der Waals surface area (Å²) < 4.78 is 47.0. The van der Waals surface area contributed by atoms with Gasteiger partial charge in [0.15, 0.2) is 0 Å². The molecule has 0 spiro atoms. The summed E-state index contributed by atoms with van der Waals surface area (Å²) in [6.45, 7) is 8.47. The maximum atomic E-state index is 14.2. The molecule has 1 aliphatic heterocycles. The number of imidazole rings is 1.